The number of likely N-dealkylation sites (tertiary alicyclic amines) is 1. The summed E-state index contributed by atoms with van der Waals surface area (Å²) in [4.78, 5) is 14.0. The summed E-state index contributed by atoms with van der Waals surface area (Å²) in [6.07, 6.45) is 1.88. The maximum absolute atomic E-state index is 12.8. The lowest BCUT2D eigenvalue weighted by Crippen LogP contribution is -2.51. The number of carbonyl (C=O) groups excluding carboxylic acids is 1. The van der Waals surface area contributed by atoms with Crippen LogP contribution in [0.5, 0.6) is 0 Å². The predicted molar refractivity (Wildman–Crippen MR) is 69.0 cm³/mol. The second-order valence-electron chi connectivity index (χ2n) is 5.11. The van der Waals surface area contributed by atoms with Crippen LogP contribution in [0.1, 0.15) is 30.1 Å². The Morgan fingerprint density at radius 3 is 2.33 bits per heavy atom. The molecule has 0 aromatic heterocycles. The predicted octanol–water partition coefficient (Wildman–Crippen LogP) is 2.04. The minimum atomic E-state index is -0.312. The fourth-order valence-corrected chi connectivity index (χ4v) is 2.23. The van der Waals surface area contributed by atoms with Crippen LogP contribution in [0.15, 0.2) is 24.3 Å². The largest absolute Gasteiger partial charge is 0.339 e. The molecule has 1 N–H and O–H groups in total. The second kappa shape index (κ2) is 5.06. The maximum Gasteiger partial charge on any atom is 0.253 e. The number of nitrogens with zero attached hydrogens (tertiary/aromatic N) is 1. The number of rotatable bonds is 2. The summed E-state index contributed by atoms with van der Waals surface area (Å²) in [6.45, 7) is 3.66. The van der Waals surface area contributed by atoms with Crippen molar-refractivity contribution in [3.05, 3.63) is 35.6 Å². The average Bonchev–Trinajstić information content (AvgIpc) is 2.40. The molecule has 0 bridgehead atoms. The van der Waals surface area contributed by atoms with Crippen molar-refractivity contribution in [2.24, 2.45) is 0 Å². The molecule has 1 aromatic carbocycles. The Labute approximate surface area is 107 Å². The van der Waals surface area contributed by atoms with Crippen LogP contribution in [0.3, 0.4) is 0 Å². The van der Waals surface area contributed by atoms with Gasteiger partial charge < -0.3 is 10.2 Å². The van der Waals surface area contributed by atoms with Gasteiger partial charge in [0.25, 0.3) is 5.91 Å². The lowest BCUT2D eigenvalue weighted by Gasteiger charge is -2.39. The van der Waals surface area contributed by atoms with Crippen LogP contribution in [-0.4, -0.2) is 36.5 Å². The molecule has 0 radical (unpaired) electrons. The summed E-state index contributed by atoms with van der Waals surface area (Å²) in [6, 6.07) is 5.75. The van der Waals surface area contributed by atoms with Gasteiger partial charge in [-0.3, -0.25) is 4.79 Å². The van der Waals surface area contributed by atoms with E-state index in [1.54, 1.807) is 12.1 Å². The third-order valence-electron chi connectivity index (χ3n) is 3.85. The highest BCUT2D eigenvalue weighted by molar-refractivity contribution is 5.94. The molecule has 1 aliphatic rings. The van der Waals surface area contributed by atoms with E-state index in [9.17, 15) is 9.18 Å². The van der Waals surface area contributed by atoms with Crippen LogP contribution < -0.4 is 5.32 Å². The molecule has 1 amide bonds. The molecule has 0 aliphatic carbocycles. The van der Waals surface area contributed by atoms with Gasteiger partial charge in [-0.15, -0.1) is 0 Å². The van der Waals surface area contributed by atoms with Gasteiger partial charge in [0.05, 0.1) is 0 Å². The SMILES string of the molecule is CNC1(C)CCN(C(=O)c2ccc(F)cc2)CC1. The van der Waals surface area contributed by atoms with Gasteiger partial charge in [0.2, 0.25) is 0 Å². The summed E-state index contributed by atoms with van der Waals surface area (Å²) >= 11 is 0. The van der Waals surface area contributed by atoms with Crippen molar-refractivity contribution in [1.29, 1.82) is 0 Å². The van der Waals surface area contributed by atoms with E-state index in [0.29, 0.717) is 5.56 Å². The van der Waals surface area contributed by atoms with E-state index in [2.05, 4.69) is 12.2 Å². The molecular formula is C14H19FN2O. The molecule has 1 fully saturated rings. The van der Waals surface area contributed by atoms with Crippen molar-refractivity contribution < 1.29 is 9.18 Å². The molecular weight excluding hydrogens is 231 g/mol. The minimum Gasteiger partial charge on any atom is -0.339 e. The molecule has 18 heavy (non-hydrogen) atoms. The van der Waals surface area contributed by atoms with E-state index >= 15 is 0 Å². The zero-order valence-electron chi connectivity index (χ0n) is 10.9. The highest BCUT2D eigenvalue weighted by atomic mass is 19.1. The molecule has 0 unspecified atom stereocenters. The Morgan fingerprint density at radius 2 is 1.83 bits per heavy atom. The summed E-state index contributed by atoms with van der Waals surface area (Å²) in [7, 11) is 1.96. The molecule has 2 rings (SSSR count). The zero-order chi connectivity index (χ0) is 13.2. The van der Waals surface area contributed by atoms with E-state index in [-0.39, 0.29) is 17.3 Å². The Kier molecular flexibility index (Phi) is 3.66. The quantitative estimate of drug-likeness (QED) is 0.871. The van der Waals surface area contributed by atoms with Crippen LogP contribution in [0, 0.1) is 5.82 Å². The lowest BCUT2D eigenvalue weighted by atomic mass is 9.89. The molecule has 1 heterocycles. The van der Waals surface area contributed by atoms with Gasteiger partial charge in [-0.05, 0) is 51.1 Å². The number of hydrogen-bond acceptors (Lipinski definition) is 2. The van der Waals surface area contributed by atoms with Crippen LogP contribution in [0.2, 0.25) is 0 Å². The molecule has 1 aromatic rings. The van der Waals surface area contributed by atoms with Gasteiger partial charge in [0.1, 0.15) is 5.82 Å². The number of nitrogens with one attached hydrogen (secondary N) is 1. The third-order valence-corrected chi connectivity index (χ3v) is 3.85. The molecule has 0 saturated carbocycles. The number of carbonyl (C=O) groups is 1. The smallest absolute Gasteiger partial charge is 0.253 e. The lowest BCUT2D eigenvalue weighted by molar-refractivity contribution is 0.0662. The maximum atomic E-state index is 12.8. The normalized spacial score (nSPS) is 18.7. The molecule has 1 saturated heterocycles. The van der Waals surface area contributed by atoms with Crippen molar-refractivity contribution >= 4 is 5.91 Å². The van der Waals surface area contributed by atoms with Gasteiger partial charge in [-0.2, -0.15) is 0 Å². The topological polar surface area (TPSA) is 32.3 Å². The van der Waals surface area contributed by atoms with E-state index in [1.165, 1.54) is 12.1 Å². The Balaban J connectivity index is 2.01. The molecule has 4 heteroatoms. The Bertz CT molecular complexity index is 422. The van der Waals surface area contributed by atoms with Crippen molar-refractivity contribution in [3.63, 3.8) is 0 Å². The highest BCUT2D eigenvalue weighted by Gasteiger charge is 2.30. The number of amides is 1. The summed E-state index contributed by atoms with van der Waals surface area (Å²) < 4.78 is 12.8. The van der Waals surface area contributed by atoms with Crippen LogP contribution in [0.25, 0.3) is 0 Å². The summed E-state index contributed by atoms with van der Waals surface area (Å²) in [5.41, 5.74) is 0.684. The molecule has 0 spiro atoms. The van der Waals surface area contributed by atoms with Gasteiger partial charge in [-0.25, -0.2) is 4.39 Å². The molecule has 1 aliphatic heterocycles. The summed E-state index contributed by atoms with van der Waals surface area (Å²) in [5.74, 6) is -0.318. The van der Waals surface area contributed by atoms with E-state index < -0.39 is 0 Å². The van der Waals surface area contributed by atoms with E-state index in [0.717, 1.165) is 25.9 Å². The van der Waals surface area contributed by atoms with Crippen molar-refractivity contribution in [3.8, 4) is 0 Å². The first-order valence-corrected chi connectivity index (χ1v) is 6.28. The van der Waals surface area contributed by atoms with Crippen molar-refractivity contribution in [1.82, 2.24) is 10.2 Å². The number of hydrogen-bond donors (Lipinski definition) is 1. The third kappa shape index (κ3) is 2.70. The average molecular weight is 250 g/mol. The summed E-state index contributed by atoms with van der Waals surface area (Å²) in [5, 5.41) is 3.30. The van der Waals surface area contributed by atoms with Crippen molar-refractivity contribution in [2.75, 3.05) is 20.1 Å². The monoisotopic (exact) mass is 250 g/mol. The first kappa shape index (κ1) is 13.0. The fraction of sp³-hybridized carbons (Fsp3) is 0.500. The van der Waals surface area contributed by atoms with E-state index in [1.807, 2.05) is 11.9 Å². The molecule has 98 valence electrons. The van der Waals surface area contributed by atoms with Gasteiger partial charge in [0, 0.05) is 24.2 Å². The van der Waals surface area contributed by atoms with Crippen LogP contribution in [0.4, 0.5) is 4.39 Å². The fourth-order valence-electron chi connectivity index (χ4n) is 2.23. The van der Waals surface area contributed by atoms with Gasteiger partial charge in [-0.1, -0.05) is 0 Å². The Hall–Kier alpha value is -1.42. The number of benzene rings is 1. The first-order chi connectivity index (χ1) is 8.54. The molecule has 0 atom stereocenters. The van der Waals surface area contributed by atoms with E-state index in [4.69, 9.17) is 0 Å². The van der Waals surface area contributed by atoms with Gasteiger partial charge >= 0.3 is 0 Å². The molecule has 3 nitrogen and oxygen atoms in total. The van der Waals surface area contributed by atoms with Crippen molar-refractivity contribution in [2.45, 2.75) is 25.3 Å². The highest BCUT2D eigenvalue weighted by Crippen LogP contribution is 2.22. The number of piperidine rings is 1. The zero-order valence-corrected chi connectivity index (χ0v) is 10.9. The Morgan fingerprint density at radius 1 is 1.28 bits per heavy atom. The number of halogens is 1. The standard InChI is InChI=1S/C14H19FN2O/c1-14(16-2)7-9-17(10-8-14)13(18)11-3-5-12(15)6-4-11/h3-6,16H,7-10H2,1-2H3. The minimum absolute atomic E-state index is 0.00634. The van der Waals surface area contributed by atoms with Crippen LogP contribution >= 0.6 is 0 Å². The van der Waals surface area contributed by atoms with Gasteiger partial charge in [0.15, 0.2) is 0 Å². The first-order valence-electron chi connectivity index (χ1n) is 6.28. The second-order valence-corrected chi connectivity index (χ2v) is 5.11. The van der Waals surface area contributed by atoms with Crippen LogP contribution in [-0.2, 0) is 0 Å².